The first-order valence-electron chi connectivity index (χ1n) is 6.52. The van der Waals surface area contributed by atoms with Gasteiger partial charge in [-0.1, -0.05) is 30.3 Å². The average Bonchev–Trinajstić information content (AvgIpc) is 2.52. The summed E-state index contributed by atoms with van der Waals surface area (Å²) in [6.07, 6.45) is 0. The number of ether oxygens (including phenoxy) is 1. The Morgan fingerprint density at radius 3 is 2.45 bits per heavy atom. The van der Waals surface area contributed by atoms with Crippen molar-refractivity contribution in [2.24, 2.45) is 0 Å². The molecule has 2 rings (SSSR count). The maximum absolute atomic E-state index is 11.6. The van der Waals surface area contributed by atoms with Crippen LogP contribution >= 0.6 is 0 Å². The van der Waals surface area contributed by atoms with Gasteiger partial charge in [0.25, 0.3) is 0 Å². The first-order valence-corrected chi connectivity index (χ1v) is 6.52. The molecule has 0 aromatic heterocycles. The monoisotopic (exact) mass is 295 g/mol. The highest BCUT2D eigenvalue weighted by atomic mass is 16.5. The van der Waals surface area contributed by atoms with Crippen LogP contribution in [0.25, 0.3) is 0 Å². The van der Waals surface area contributed by atoms with E-state index in [1.165, 1.54) is 19.1 Å². The second kappa shape index (κ2) is 6.55. The van der Waals surface area contributed by atoms with E-state index in [4.69, 9.17) is 10.00 Å². The quantitative estimate of drug-likeness (QED) is 0.856. The van der Waals surface area contributed by atoms with Crippen LogP contribution in [0.2, 0.25) is 0 Å². The van der Waals surface area contributed by atoms with Crippen LogP contribution in [0.4, 0.5) is 0 Å². The van der Waals surface area contributed by atoms with Crippen LogP contribution in [0.1, 0.15) is 38.8 Å². The maximum Gasteiger partial charge on any atom is 0.336 e. The molecule has 22 heavy (non-hydrogen) atoms. The fraction of sp³-hybridized carbons (Fsp3) is 0.118. The Balaban J connectivity index is 2.37. The van der Waals surface area contributed by atoms with Crippen LogP contribution in [-0.2, 0) is 6.61 Å². The number of carbonyl (C=O) groups excluding carboxylic acids is 1. The first kappa shape index (κ1) is 15.3. The van der Waals surface area contributed by atoms with E-state index in [0.29, 0.717) is 0 Å². The number of nitrogens with zero attached hydrogens (tertiary/aromatic N) is 1. The zero-order valence-electron chi connectivity index (χ0n) is 11.9. The molecular weight excluding hydrogens is 282 g/mol. The third-order valence-electron chi connectivity index (χ3n) is 3.06. The first-order chi connectivity index (χ1) is 10.5. The van der Waals surface area contributed by atoms with Gasteiger partial charge < -0.3 is 9.84 Å². The number of hydrogen-bond acceptors (Lipinski definition) is 4. The minimum atomic E-state index is -1.27. The predicted octanol–water partition coefficient (Wildman–Crippen LogP) is 3.04. The lowest BCUT2D eigenvalue weighted by Gasteiger charge is -2.11. The largest absolute Gasteiger partial charge is 0.489 e. The highest BCUT2D eigenvalue weighted by Gasteiger charge is 2.20. The summed E-state index contributed by atoms with van der Waals surface area (Å²) in [5, 5.41) is 18.4. The zero-order valence-corrected chi connectivity index (χ0v) is 11.9. The van der Waals surface area contributed by atoms with Crippen LogP contribution < -0.4 is 4.74 Å². The van der Waals surface area contributed by atoms with Crippen molar-refractivity contribution in [1.29, 1.82) is 5.26 Å². The number of hydrogen-bond donors (Lipinski definition) is 1. The molecule has 0 aliphatic carbocycles. The van der Waals surface area contributed by atoms with Crippen molar-refractivity contribution in [2.45, 2.75) is 13.5 Å². The molecule has 0 radical (unpaired) electrons. The normalized spacial score (nSPS) is 9.82. The Bertz CT molecular complexity index is 760. The SMILES string of the molecule is CC(=O)c1c(C#N)cc(OCc2ccccc2)cc1C(=O)O. The molecule has 0 fully saturated rings. The molecule has 0 aliphatic heterocycles. The minimum absolute atomic E-state index is 0.00420. The highest BCUT2D eigenvalue weighted by Crippen LogP contribution is 2.24. The topological polar surface area (TPSA) is 87.4 Å². The van der Waals surface area contributed by atoms with Crippen LogP contribution in [0, 0.1) is 11.3 Å². The summed E-state index contributed by atoms with van der Waals surface area (Å²) in [6.45, 7) is 1.47. The minimum Gasteiger partial charge on any atom is -0.489 e. The molecular formula is C17H13NO4. The molecule has 0 aliphatic rings. The molecule has 5 heteroatoms. The standard InChI is InChI=1S/C17H13NO4/c1-11(19)16-13(9-18)7-14(8-15(16)17(20)21)22-10-12-5-3-2-4-6-12/h2-8H,10H2,1H3,(H,20,21). The highest BCUT2D eigenvalue weighted by molar-refractivity contribution is 6.06. The van der Waals surface area contributed by atoms with Crippen molar-refractivity contribution in [1.82, 2.24) is 0 Å². The Morgan fingerprint density at radius 2 is 1.91 bits per heavy atom. The summed E-state index contributed by atoms with van der Waals surface area (Å²) < 4.78 is 5.53. The van der Waals surface area contributed by atoms with Gasteiger partial charge in [0, 0.05) is 5.56 Å². The summed E-state index contributed by atoms with van der Waals surface area (Å²) in [7, 11) is 0. The number of nitriles is 1. The molecule has 2 aromatic rings. The lowest BCUT2D eigenvalue weighted by Crippen LogP contribution is -2.10. The van der Waals surface area contributed by atoms with Crippen molar-refractivity contribution in [3.63, 3.8) is 0 Å². The van der Waals surface area contributed by atoms with Gasteiger partial charge >= 0.3 is 5.97 Å². The fourth-order valence-corrected chi connectivity index (χ4v) is 2.08. The Kier molecular flexibility index (Phi) is 4.54. The second-order valence-electron chi connectivity index (χ2n) is 4.64. The zero-order chi connectivity index (χ0) is 16.1. The Hall–Kier alpha value is -3.13. The van der Waals surface area contributed by atoms with E-state index in [9.17, 15) is 14.7 Å². The summed E-state index contributed by atoms with van der Waals surface area (Å²) in [6, 6.07) is 13.8. The summed E-state index contributed by atoms with van der Waals surface area (Å²) in [5.74, 6) is -1.50. The molecule has 0 spiro atoms. The summed E-state index contributed by atoms with van der Waals surface area (Å²) in [5.41, 5.74) is 0.584. The van der Waals surface area contributed by atoms with E-state index in [0.717, 1.165) is 5.56 Å². The maximum atomic E-state index is 11.6. The van der Waals surface area contributed by atoms with Crippen molar-refractivity contribution < 1.29 is 19.4 Å². The van der Waals surface area contributed by atoms with Gasteiger partial charge in [-0.15, -0.1) is 0 Å². The van der Waals surface area contributed by atoms with Crippen molar-refractivity contribution >= 4 is 11.8 Å². The van der Waals surface area contributed by atoms with Crippen LogP contribution in [0.15, 0.2) is 42.5 Å². The average molecular weight is 295 g/mol. The number of aromatic carboxylic acids is 1. The fourth-order valence-electron chi connectivity index (χ4n) is 2.08. The molecule has 0 amide bonds. The summed E-state index contributed by atoms with van der Waals surface area (Å²) >= 11 is 0. The van der Waals surface area contributed by atoms with E-state index < -0.39 is 11.8 Å². The number of carbonyl (C=O) groups is 2. The lowest BCUT2D eigenvalue weighted by molar-refractivity contribution is 0.0691. The molecule has 0 atom stereocenters. The number of Topliss-reactive ketones (excluding diaryl/α,β-unsaturated/α-hetero) is 1. The second-order valence-corrected chi connectivity index (χ2v) is 4.64. The number of benzene rings is 2. The number of carboxylic acids is 1. The molecule has 2 aromatic carbocycles. The van der Waals surface area contributed by atoms with Gasteiger partial charge in [-0.2, -0.15) is 5.26 Å². The van der Waals surface area contributed by atoms with Gasteiger partial charge in [0.15, 0.2) is 5.78 Å². The predicted molar refractivity (Wildman–Crippen MR) is 78.9 cm³/mol. The van der Waals surface area contributed by atoms with Crippen LogP contribution in [-0.4, -0.2) is 16.9 Å². The van der Waals surface area contributed by atoms with Gasteiger partial charge in [-0.05, 0) is 24.6 Å². The summed E-state index contributed by atoms with van der Waals surface area (Å²) in [4.78, 5) is 22.9. The van der Waals surface area contributed by atoms with E-state index in [1.54, 1.807) is 0 Å². The molecule has 110 valence electrons. The smallest absolute Gasteiger partial charge is 0.336 e. The van der Waals surface area contributed by atoms with Gasteiger partial charge in [0.2, 0.25) is 0 Å². The molecule has 1 N–H and O–H groups in total. The van der Waals surface area contributed by atoms with Gasteiger partial charge in [-0.25, -0.2) is 4.79 Å². The molecule has 0 saturated carbocycles. The molecule has 0 saturated heterocycles. The van der Waals surface area contributed by atoms with Crippen molar-refractivity contribution in [3.8, 4) is 11.8 Å². The van der Waals surface area contributed by atoms with Gasteiger partial charge in [0.05, 0.1) is 11.1 Å². The van der Waals surface area contributed by atoms with Crippen molar-refractivity contribution in [2.75, 3.05) is 0 Å². The number of rotatable bonds is 5. The molecule has 5 nitrogen and oxygen atoms in total. The molecule has 0 bridgehead atoms. The Labute approximate surface area is 127 Å². The third-order valence-corrected chi connectivity index (χ3v) is 3.06. The van der Waals surface area contributed by atoms with E-state index in [-0.39, 0.29) is 29.0 Å². The van der Waals surface area contributed by atoms with Gasteiger partial charge in [-0.3, -0.25) is 4.79 Å². The van der Waals surface area contributed by atoms with Crippen LogP contribution in [0.5, 0.6) is 5.75 Å². The van der Waals surface area contributed by atoms with Crippen molar-refractivity contribution in [3.05, 3.63) is 64.7 Å². The molecule has 0 unspecified atom stereocenters. The molecule has 0 heterocycles. The lowest BCUT2D eigenvalue weighted by atomic mass is 9.98. The van der Waals surface area contributed by atoms with Gasteiger partial charge in [0.1, 0.15) is 18.4 Å². The number of carboxylic acid groups (broad SMARTS) is 1. The van der Waals surface area contributed by atoms with Crippen LogP contribution in [0.3, 0.4) is 0 Å². The third kappa shape index (κ3) is 3.30. The number of ketones is 1. The van der Waals surface area contributed by atoms with E-state index >= 15 is 0 Å². The van der Waals surface area contributed by atoms with E-state index in [2.05, 4.69) is 0 Å². The van der Waals surface area contributed by atoms with E-state index in [1.807, 2.05) is 36.4 Å². The Morgan fingerprint density at radius 1 is 1.23 bits per heavy atom.